The topological polar surface area (TPSA) is 79.8 Å². The number of fused-ring (bicyclic) bond motifs is 3. The minimum atomic E-state index is -0.254. The van der Waals surface area contributed by atoms with Crippen molar-refractivity contribution in [2.75, 3.05) is 0 Å². The summed E-state index contributed by atoms with van der Waals surface area (Å²) in [6.45, 7) is 0.362. The van der Waals surface area contributed by atoms with Crippen LogP contribution in [-0.4, -0.2) is 20.4 Å². The highest BCUT2D eigenvalue weighted by atomic mass is 16.2. The first kappa shape index (κ1) is 15.1. The molecule has 4 rings (SSSR count). The van der Waals surface area contributed by atoms with Crippen LogP contribution in [0.1, 0.15) is 5.56 Å². The van der Waals surface area contributed by atoms with Gasteiger partial charge < -0.3 is 10.3 Å². The quantitative estimate of drug-likeness (QED) is 0.601. The van der Waals surface area contributed by atoms with Crippen molar-refractivity contribution >= 4 is 27.8 Å². The number of aromatic amines is 1. The van der Waals surface area contributed by atoms with E-state index in [9.17, 15) is 9.59 Å². The maximum atomic E-state index is 12.6. The minimum Gasteiger partial charge on any atom is -0.350 e. The molecule has 2 N–H and O–H groups in total. The Kier molecular flexibility index (Phi) is 3.78. The summed E-state index contributed by atoms with van der Waals surface area (Å²) in [7, 11) is 0. The van der Waals surface area contributed by atoms with Crippen LogP contribution in [0.15, 0.2) is 65.7 Å². The molecule has 0 spiro atoms. The van der Waals surface area contributed by atoms with E-state index in [-0.39, 0.29) is 18.0 Å². The van der Waals surface area contributed by atoms with Gasteiger partial charge in [-0.3, -0.25) is 14.2 Å². The van der Waals surface area contributed by atoms with Gasteiger partial charge in [-0.15, -0.1) is 0 Å². The molecule has 0 unspecified atom stereocenters. The van der Waals surface area contributed by atoms with Gasteiger partial charge in [0, 0.05) is 17.4 Å². The smallest absolute Gasteiger partial charge is 0.278 e. The van der Waals surface area contributed by atoms with Crippen LogP contribution in [0.3, 0.4) is 0 Å². The van der Waals surface area contributed by atoms with Gasteiger partial charge in [0.2, 0.25) is 5.91 Å². The fourth-order valence-corrected chi connectivity index (χ4v) is 2.86. The molecule has 0 saturated heterocycles. The predicted molar refractivity (Wildman–Crippen MR) is 96.1 cm³/mol. The molecule has 0 aliphatic heterocycles. The van der Waals surface area contributed by atoms with E-state index in [1.807, 2.05) is 54.6 Å². The number of amides is 1. The summed E-state index contributed by atoms with van der Waals surface area (Å²) in [6.07, 6.45) is 1.42. The second-order valence-electron chi connectivity index (χ2n) is 5.83. The molecule has 2 aromatic carbocycles. The van der Waals surface area contributed by atoms with Gasteiger partial charge in [0.05, 0.1) is 6.33 Å². The van der Waals surface area contributed by atoms with E-state index in [0.717, 1.165) is 16.5 Å². The van der Waals surface area contributed by atoms with Gasteiger partial charge in [-0.2, -0.15) is 0 Å². The van der Waals surface area contributed by atoms with Crippen LogP contribution in [0.4, 0.5) is 0 Å². The minimum absolute atomic E-state index is 0.0655. The van der Waals surface area contributed by atoms with Crippen LogP contribution < -0.4 is 10.9 Å². The van der Waals surface area contributed by atoms with Crippen molar-refractivity contribution < 1.29 is 4.79 Å². The van der Waals surface area contributed by atoms with Crippen LogP contribution in [0.5, 0.6) is 0 Å². The highest BCUT2D eigenvalue weighted by Crippen LogP contribution is 2.20. The number of hydrogen-bond donors (Lipinski definition) is 2. The Morgan fingerprint density at radius 2 is 1.84 bits per heavy atom. The van der Waals surface area contributed by atoms with Crippen molar-refractivity contribution in [3.8, 4) is 0 Å². The summed E-state index contributed by atoms with van der Waals surface area (Å²) in [6, 6.07) is 17.2. The summed E-state index contributed by atoms with van der Waals surface area (Å²) in [5.41, 5.74) is 2.65. The van der Waals surface area contributed by atoms with Gasteiger partial charge in [-0.05, 0) is 11.6 Å². The lowest BCUT2D eigenvalue weighted by molar-refractivity contribution is -0.121. The monoisotopic (exact) mass is 332 g/mol. The van der Waals surface area contributed by atoms with Crippen LogP contribution in [0, 0.1) is 0 Å². The van der Waals surface area contributed by atoms with Crippen molar-refractivity contribution in [2.24, 2.45) is 0 Å². The van der Waals surface area contributed by atoms with Crippen LogP contribution in [-0.2, 0) is 17.9 Å². The molecule has 1 amide bonds. The van der Waals surface area contributed by atoms with E-state index in [2.05, 4.69) is 15.3 Å². The molecule has 2 aromatic heterocycles. The molecule has 0 radical (unpaired) electrons. The fraction of sp³-hybridized carbons (Fsp3) is 0.105. The molecule has 0 fully saturated rings. The first-order valence-electron chi connectivity index (χ1n) is 7.99. The Bertz CT molecular complexity index is 1110. The third kappa shape index (κ3) is 2.89. The van der Waals surface area contributed by atoms with Gasteiger partial charge in [-0.1, -0.05) is 48.5 Å². The number of carbonyl (C=O) groups excluding carboxylic acids is 1. The van der Waals surface area contributed by atoms with E-state index in [0.29, 0.717) is 17.6 Å². The second kappa shape index (κ2) is 6.24. The molecule has 6 nitrogen and oxygen atoms in total. The summed E-state index contributed by atoms with van der Waals surface area (Å²) >= 11 is 0. The van der Waals surface area contributed by atoms with Crippen LogP contribution >= 0.6 is 0 Å². The molecule has 0 saturated carbocycles. The fourth-order valence-electron chi connectivity index (χ4n) is 2.86. The largest absolute Gasteiger partial charge is 0.350 e. The first-order chi connectivity index (χ1) is 12.2. The molecule has 2 heterocycles. The number of aromatic nitrogens is 3. The standard InChI is InChI=1S/C19H16N4O2/c24-16(20-10-13-6-2-1-3-7-13)11-23-12-21-17-14-8-4-5-9-15(14)22-18(17)19(23)25/h1-9,12,22H,10-11H2,(H,20,24). The molecule has 0 atom stereocenters. The SMILES string of the molecule is O=C(Cn1cnc2c([nH]c3ccccc32)c1=O)NCc1ccccc1. The highest BCUT2D eigenvalue weighted by Gasteiger charge is 2.12. The lowest BCUT2D eigenvalue weighted by atomic mass is 10.2. The molecule has 124 valence electrons. The number of nitrogens with zero attached hydrogens (tertiary/aromatic N) is 2. The zero-order valence-electron chi connectivity index (χ0n) is 13.4. The Morgan fingerprint density at radius 1 is 1.08 bits per heavy atom. The van der Waals surface area contributed by atoms with E-state index >= 15 is 0 Å². The average molecular weight is 332 g/mol. The van der Waals surface area contributed by atoms with E-state index in [1.165, 1.54) is 10.9 Å². The van der Waals surface area contributed by atoms with Gasteiger partial charge in [0.15, 0.2) is 0 Å². The third-order valence-electron chi connectivity index (χ3n) is 4.13. The lowest BCUT2D eigenvalue weighted by Gasteiger charge is -2.07. The molecule has 25 heavy (non-hydrogen) atoms. The molecular weight excluding hydrogens is 316 g/mol. The normalized spacial score (nSPS) is 11.0. The summed E-state index contributed by atoms with van der Waals surface area (Å²) in [5.74, 6) is -0.233. The van der Waals surface area contributed by atoms with E-state index < -0.39 is 0 Å². The predicted octanol–water partition coefficient (Wildman–Crippen LogP) is 2.19. The van der Waals surface area contributed by atoms with Gasteiger partial charge in [0.1, 0.15) is 17.6 Å². The van der Waals surface area contributed by atoms with Gasteiger partial charge in [-0.25, -0.2) is 4.98 Å². The van der Waals surface area contributed by atoms with Crippen LogP contribution in [0.2, 0.25) is 0 Å². The molecule has 0 aliphatic carbocycles. The van der Waals surface area contributed by atoms with Crippen molar-refractivity contribution in [2.45, 2.75) is 13.1 Å². The Hall–Kier alpha value is -3.41. The molecule has 0 bridgehead atoms. The zero-order valence-corrected chi connectivity index (χ0v) is 13.4. The summed E-state index contributed by atoms with van der Waals surface area (Å²) in [4.78, 5) is 32.2. The van der Waals surface area contributed by atoms with Crippen molar-refractivity contribution in [1.29, 1.82) is 0 Å². The highest BCUT2D eigenvalue weighted by molar-refractivity contribution is 6.04. The van der Waals surface area contributed by atoms with Gasteiger partial charge in [0.25, 0.3) is 5.56 Å². The third-order valence-corrected chi connectivity index (χ3v) is 4.13. The summed E-state index contributed by atoms with van der Waals surface area (Å²) in [5, 5.41) is 3.71. The van der Waals surface area contributed by atoms with Gasteiger partial charge >= 0.3 is 0 Å². The Morgan fingerprint density at radius 3 is 2.68 bits per heavy atom. The number of carbonyl (C=O) groups is 1. The Labute approximate surface area is 143 Å². The number of rotatable bonds is 4. The number of hydrogen-bond acceptors (Lipinski definition) is 3. The van der Waals surface area contributed by atoms with E-state index in [4.69, 9.17) is 0 Å². The lowest BCUT2D eigenvalue weighted by Crippen LogP contribution is -2.32. The molecule has 6 heteroatoms. The Balaban J connectivity index is 1.57. The molecule has 4 aromatic rings. The average Bonchev–Trinajstić information content (AvgIpc) is 3.03. The maximum Gasteiger partial charge on any atom is 0.278 e. The molecule has 0 aliphatic rings. The number of H-pyrrole nitrogens is 1. The first-order valence-corrected chi connectivity index (χ1v) is 7.99. The molecular formula is C19H16N4O2. The van der Waals surface area contributed by atoms with Crippen LogP contribution in [0.25, 0.3) is 21.9 Å². The number of nitrogens with one attached hydrogen (secondary N) is 2. The zero-order chi connectivity index (χ0) is 17.2. The van der Waals surface area contributed by atoms with Crippen molar-refractivity contribution in [3.05, 3.63) is 76.8 Å². The second-order valence-corrected chi connectivity index (χ2v) is 5.83. The summed E-state index contributed by atoms with van der Waals surface area (Å²) < 4.78 is 1.32. The maximum absolute atomic E-state index is 12.6. The van der Waals surface area contributed by atoms with Crippen molar-refractivity contribution in [1.82, 2.24) is 19.9 Å². The number of para-hydroxylation sites is 1. The van der Waals surface area contributed by atoms with Crippen molar-refractivity contribution in [3.63, 3.8) is 0 Å². The van der Waals surface area contributed by atoms with E-state index in [1.54, 1.807) is 0 Å². The number of benzene rings is 2.